The lowest BCUT2D eigenvalue weighted by Gasteiger charge is -2.19. The number of rotatable bonds is 5. The molecule has 0 heterocycles. The minimum absolute atomic E-state index is 0.0544. The molecule has 0 bridgehead atoms. The van der Waals surface area contributed by atoms with Crippen LogP contribution in [-0.2, 0) is 6.11 Å². The lowest BCUT2D eigenvalue weighted by molar-refractivity contribution is -0.187. The molecule has 3 rings (SSSR count). The first kappa shape index (κ1) is 19.6. The van der Waals surface area contributed by atoms with Gasteiger partial charge in [-0.05, 0) is 35.7 Å². The third kappa shape index (κ3) is 3.90. The number of methoxy groups -OCH3 is 1. The van der Waals surface area contributed by atoms with Crippen LogP contribution in [0, 0.1) is 11.6 Å². The van der Waals surface area contributed by atoms with Gasteiger partial charge in [-0.2, -0.15) is 17.6 Å². The standard InChI is InChI=1S/C20H12F6O2/c1-27-13-5-7-16(17(21)10-13)20(25,26)28-14-4-6-15-11(8-14)2-3-12(19(15)24)9-18(22)23/h2-10H,1H3. The van der Waals surface area contributed by atoms with Gasteiger partial charge in [0.25, 0.3) is 6.08 Å². The molecule has 0 aromatic heterocycles. The van der Waals surface area contributed by atoms with Crippen molar-refractivity contribution in [3.63, 3.8) is 0 Å². The highest BCUT2D eigenvalue weighted by Gasteiger charge is 2.37. The second-order valence-corrected chi connectivity index (χ2v) is 5.75. The predicted octanol–water partition coefficient (Wildman–Crippen LogP) is 6.49. The summed E-state index contributed by atoms with van der Waals surface area (Å²) < 4.78 is 91.0. The molecule has 2 nitrogen and oxygen atoms in total. The van der Waals surface area contributed by atoms with E-state index in [1.807, 2.05) is 0 Å². The van der Waals surface area contributed by atoms with E-state index >= 15 is 0 Å². The first-order valence-electron chi connectivity index (χ1n) is 7.87. The molecule has 0 aliphatic rings. The van der Waals surface area contributed by atoms with E-state index in [0.29, 0.717) is 6.08 Å². The van der Waals surface area contributed by atoms with Crippen LogP contribution < -0.4 is 9.47 Å². The summed E-state index contributed by atoms with van der Waals surface area (Å²) in [5.74, 6) is -2.44. The van der Waals surface area contributed by atoms with Crippen molar-refractivity contribution in [1.29, 1.82) is 0 Å². The monoisotopic (exact) mass is 398 g/mol. The van der Waals surface area contributed by atoms with Crippen LogP contribution in [0.25, 0.3) is 16.8 Å². The van der Waals surface area contributed by atoms with Crippen molar-refractivity contribution in [3.05, 3.63) is 77.4 Å². The van der Waals surface area contributed by atoms with E-state index in [4.69, 9.17) is 4.74 Å². The van der Waals surface area contributed by atoms with E-state index < -0.39 is 29.4 Å². The topological polar surface area (TPSA) is 18.5 Å². The van der Waals surface area contributed by atoms with Gasteiger partial charge in [-0.15, -0.1) is 0 Å². The molecule has 146 valence electrons. The predicted molar refractivity (Wildman–Crippen MR) is 91.6 cm³/mol. The molecule has 0 aliphatic carbocycles. The summed E-state index contributed by atoms with van der Waals surface area (Å²) in [5, 5.41) is 0.0960. The molecule has 0 aliphatic heterocycles. The molecule has 3 aromatic carbocycles. The van der Waals surface area contributed by atoms with Crippen molar-refractivity contribution in [2.45, 2.75) is 6.11 Å². The second-order valence-electron chi connectivity index (χ2n) is 5.75. The van der Waals surface area contributed by atoms with Crippen molar-refractivity contribution < 1.29 is 35.8 Å². The zero-order valence-electron chi connectivity index (χ0n) is 14.3. The number of halogens is 6. The fourth-order valence-electron chi connectivity index (χ4n) is 2.64. The van der Waals surface area contributed by atoms with Crippen LogP contribution in [0.4, 0.5) is 26.3 Å². The molecule has 0 spiro atoms. The molecule has 0 amide bonds. The maximum atomic E-state index is 14.4. The van der Waals surface area contributed by atoms with E-state index in [0.717, 1.165) is 42.5 Å². The zero-order valence-corrected chi connectivity index (χ0v) is 14.3. The van der Waals surface area contributed by atoms with Gasteiger partial charge in [0, 0.05) is 23.1 Å². The quantitative estimate of drug-likeness (QED) is 0.457. The highest BCUT2D eigenvalue weighted by Crippen LogP contribution is 2.36. The van der Waals surface area contributed by atoms with Gasteiger partial charge in [0.2, 0.25) is 0 Å². The Morgan fingerprint density at radius 2 is 1.64 bits per heavy atom. The average Bonchev–Trinajstić information content (AvgIpc) is 2.63. The highest BCUT2D eigenvalue weighted by molar-refractivity contribution is 5.86. The van der Waals surface area contributed by atoms with E-state index in [9.17, 15) is 26.3 Å². The summed E-state index contributed by atoms with van der Waals surface area (Å²) in [4.78, 5) is 0. The first-order valence-corrected chi connectivity index (χ1v) is 7.87. The van der Waals surface area contributed by atoms with E-state index in [1.165, 1.54) is 13.2 Å². The minimum atomic E-state index is -4.01. The largest absolute Gasteiger partial charge is 0.497 e. The number of ether oxygens (including phenoxy) is 2. The van der Waals surface area contributed by atoms with Crippen molar-refractivity contribution in [2.75, 3.05) is 7.11 Å². The SMILES string of the molecule is COc1ccc(C(F)(F)Oc2ccc3c(F)c(C=C(F)F)ccc3c2)c(F)c1. The Morgan fingerprint density at radius 3 is 2.29 bits per heavy atom. The minimum Gasteiger partial charge on any atom is -0.497 e. The Balaban J connectivity index is 1.95. The highest BCUT2D eigenvalue weighted by atomic mass is 19.3. The van der Waals surface area contributed by atoms with Gasteiger partial charge in [0.1, 0.15) is 28.7 Å². The van der Waals surface area contributed by atoms with Crippen LogP contribution in [0.15, 0.2) is 54.6 Å². The van der Waals surface area contributed by atoms with Crippen molar-refractivity contribution in [3.8, 4) is 11.5 Å². The Morgan fingerprint density at radius 1 is 0.929 bits per heavy atom. The second kappa shape index (κ2) is 7.46. The van der Waals surface area contributed by atoms with Crippen LogP contribution in [-0.4, -0.2) is 7.11 Å². The van der Waals surface area contributed by atoms with Crippen molar-refractivity contribution in [2.24, 2.45) is 0 Å². The fourth-order valence-corrected chi connectivity index (χ4v) is 2.64. The molecule has 0 fully saturated rings. The summed E-state index contributed by atoms with van der Waals surface area (Å²) in [6, 6.07) is 8.42. The number of hydrogen-bond acceptors (Lipinski definition) is 2. The average molecular weight is 398 g/mol. The van der Waals surface area contributed by atoms with Crippen molar-refractivity contribution >= 4 is 16.8 Å². The lowest BCUT2D eigenvalue weighted by Crippen LogP contribution is -2.23. The van der Waals surface area contributed by atoms with E-state index in [1.54, 1.807) is 0 Å². The number of hydrogen-bond donors (Lipinski definition) is 0. The molecule has 0 saturated carbocycles. The van der Waals surface area contributed by atoms with E-state index in [-0.39, 0.29) is 27.8 Å². The molecule has 0 unspecified atom stereocenters. The summed E-state index contributed by atoms with van der Waals surface area (Å²) in [6.45, 7) is 0. The maximum absolute atomic E-state index is 14.4. The van der Waals surface area contributed by atoms with Crippen LogP contribution >= 0.6 is 0 Å². The number of fused-ring (bicyclic) bond motifs is 1. The summed E-state index contributed by atoms with van der Waals surface area (Å²) >= 11 is 0. The summed E-state index contributed by atoms with van der Waals surface area (Å²) in [6.07, 6.45) is -5.72. The Hall–Kier alpha value is -3.16. The van der Waals surface area contributed by atoms with Gasteiger partial charge in [-0.3, -0.25) is 0 Å². The zero-order chi connectivity index (χ0) is 20.5. The van der Waals surface area contributed by atoms with Crippen LogP contribution in [0.2, 0.25) is 0 Å². The Kier molecular flexibility index (Phi) is 5.22. The molecule has 0 N–H and O–H groups in total. The van der Waals surface area contributed by atoms with Crippen LogP contribution in [0.5, 0.6) is 11.5 Å². The van der Waals surface area contributed by atoms with Crippen LogP contribution in [0.3, 0.4) is 0 Å². The smallest absolute Gasteiger partial charge is 0.429 e. The van der Waals surface area contributed by atoms with Crippen molar-refractivity contribution in [1.82, 2.24) is 0 Å². The molecule has 3 aromatic rings. The number of benzene rings is 3. The van der Waals surface area contributed by atoms with Gasteiger partial charge in [-0.25, -0.2) is 8.78 Å². The first-order chi connectivity index (χ1) is 13.2. The van der Waals surface area contributed by atoms with Gasteiger partial charge in [0.05, 0.1) is 7.11 Å². The summed E-state index contributed by atoms with van der Waals surface area (Å²) in [7, 11) is 1.26. The Labute approximate surface area is 155 Å². The third-order valence-corrected chi connectivity index (χ3v) is 3.96. The molecular formula is C20H12F6O2. The van der Waals surface area contributed by atoms with Crippen LogP contribution in [0.1, 0.15) is 11.1 Å². The summed E-state index contributed by atoms with van der Waals surface area (Å²) in [5.41, 5.74) is -1.34. The van der Waals surface area contributed by atoms with Gasteiger partial charge in [-0.1, -0.05) is 12.1 Å². The molecule has 8 heteroatoms. The molecule has 28 heavy (non-hydrogen) atoms. The maximum Gasteiger partial charge on any atom is 0.429 e. The number of alkyl halides is 2. The molecule has 0 radical (unpaired) electrons. The molecule has 0 saturated heterocycles. The molecular weight excluding hydrogens is 386 g/mol. The van der Waals surface area contributed by atoms with Gasteiger partial charge >= 0.3 is 6.11 Å². The Bertz CT molecular complexity index is 1060. The van der Waals surface area contributed by atoms with Gasteiger partial charge in [0.15, 0.2) is 0 Å². The van der Waals surface area contributed by atoms with Gasteiger partial charge < -0.3 is 9.47 Å². The third-order valence-electron chi connectivity index (χ3n) is 3.96. The van der Waals surface area contributed by atoms with E-state index in [2.05, 4.69) is 4.74 Å². The molecule has 0 atom stereocenters. The lowest BCUT2D eigenvalue weighted by atomic mass is 10.1. The fraction of sp³-hybridized carbons (Fsp3) is 0.100. The normalized spacial score (nSPS) is 11.4.